The van der Waals surface area contributed by atoms with Crippen molar-refractivity contribution in [1.29, 1.82) is 0 Å². The van der Waals surface area contributed by atoms with E-state index in [-0.39, 0.29) is 11.6 Å². The average molecular weight is 273 g/mol. The molecule has 20 heavy (non-hydrogen) atoms. The summed E-state index contributed by atoms with van der Waals surface area (Å²) in [6.45, 7) is 0. The van der Waals surface area contributed by atoms with Crippen molar-refractivity contribution in [2.75, 3.05) is 5.32 Å². The van der Waals surface area contributed by atoms with Crippen molar-refractivity contribution in [3.8, 4) is 0 Å². The monoisotopic (exact) mass is 273 g/mol. The normalized spacial score (nSPS) is 18.1. The molecule has 1 atom stereocenters. The Morgan fingerprint density at radius 3 is 3.15 bits per heavy atom. The van der Waals surface area contributed by atoms with E-state index in [1.165, 1.54) is 4.57 Å². The summed E-state index contributed by atoms with van der Waals surface area (Å²) < 4.78 is 1.47. The van der Waals surface area contributed by atoms with Crippen molar-refractivity contribution in [3.05, 3.63) is 40.8 Å². The molecule has 0 bridgehead atoms. The second kappa shape index (κ2) is 5.28. The van der Waals surface area contributed by atoms with E-state index < -0.39 is 6.04 Å². The number of carbonyl (C=O) groups excluding carboxylic acids is 1. The first-order chi connectivity index (χ1) is 9.75. The average Bonchev–Trinajstić information content (AvgIpc) is 2.70. The minimum atomic E-state index is -0.515. The molecule has 7 nitrogen and oxygen atoms in total. The van der Waals surface area contributed by atoms with Gasteiger partial charge in [-0.3, -0.25) is 14.3 Å². The van der Waals surface area contributed by atoms with Crippen LogP contribution in [-0.2, 0) is 11.2 Å². The van der Waals surface area contributed by atoms with Gasteiger partial charge in [-0.2, -0.15) is 5.10 Å². The van der Waals surface area contributed by atoms with Gasteiger partial charge in [0.1, 0.15) is 11.9 Å². The molecule has 0 saturated carbocycles. The van der Waals surface area contributed by atoms with Crippen molar-refractivity contribution in [1.82, 2.24) is 19.7 Å². The largest absolute Gasteiger partial charge is 0.344 e. The second-order valence-corrected chi connectivity index (χ2v) is 4.81. The van der Waals surface area contributed by atoms with Gasteiger partial charge in [0.15, 0.2) is 0 Å². The number of pyridine rings is 1. The highest BCUT2D eigenvalue weighted by atomic mass is 16.2. The fourth-order valence-electron chi connectivity index (χ4n) is 2.50. The lowest BCUT2D eigenvalue weighted by Crippen LogP contribution is -2.32. The Kier molecular flexibility index (Phi) is 3.32. The molecule has 0 aromatic carbocycles. The zero-order chi connectivity index (χ0) is 13.9. The maximum Gasteiger partial charge on any atom is 0.344 e. The summed E-state index contributed by atoms with van der Waals surface area (Å²) in [5.41, 5.74) is 0.299. The Hall–Kier alpha value is -2.44. The number of aromatic nitrogens is 4. The van der Waals surface area contributed by atoms with E-state index in [0.717, 1.165) is 19.3 Å². The topological polar surface area (TPSA) is 92.7 Å². The van der Waals surface area contributed by atoms with E-state index in [9.17, 15) is 9.59 Å². The third-order valence-electron chi connectivity index (χ3n) is 3.45. The minimum Gasteiger partial charge on any atom is -0.323 e. The molecule has 2 N–H and O–H groups in total. The van der Waals surface area contributed by atoms with Gasteiger partial charge in [0.2, 0.25) is 5.91 Å². The van der Waals surface area contributed by atoms with E-state index in [2.05, 4.69) is 20.5 Å². The van der Waals surface area contributed by atoms with Gasteiger partial charge >= 0.3 is 5.69 Å². The van der Waals surface area contributed by atoms with Crippen LogP contribution >= 0.6 is 0 Å². The lowest BCUT2D eigenvalue weighted by atomic mass is 10.1. The summed E-state index contributed by atoms with van der Waals surface area (Å²) in [7, 11) is 0. The van der Waals surface area contributed by atoms with E-state index >= 15 is 0 Å². The molecule has 1 unspecified atom stereocenters. The van der Waals surface area contributed by atoms with Crippen LogP contribution in [0, 0.1) is 0 Å². The molecule has 0 aliphatic carbocycles. The highest BCUT2D eigenvalue weighted by Crippen LogP contribution is 2.22. The van der Waals surface area contributed by atoms with Crippen LogP contribution in [0.5, 0.6) is 0 Å². The highest BCUT2D eigenvalue weighted by Gasteiger charge is 2.27. The quantitative estimate of drug-likeness (QED) is 0.849. The SMILES string of the molecule is O=C(Nc1cccnc1)C1CCCCc2n[nH]c(=O)n21. The molecule has 0 fully saturated rings. The van der Waals surface area contributed by atoms with Crippen LogP contribution in [0.4, 0.5) is 5.69 Å². The van der Waals surface area contributed by atoms with Crippen molar-refractivity contribution in [2.45, 2.75) is 31.7 Å². The molecular formula is C13H15N5O2. The second-order valence-electron chi connectivity index (χ2n) is 4.81. The van der Waals surface area contributed by atoms with Crippen molar-refractivity contribution in [2.24, 2.45) is 0 Å². The maximum atomic E-state index is 12.4. The van der Waals surface area contributed by atoms with E-state index in [1.54, 1.807) is 24.5 Å². The predicted molar refractivity (Wildman–Crippen MR) is 72.3 cm³/mol. The van der Waals surface area contributed by atoms with E-state index in [0.29, 0.717) is 17.9 Å². The van der Waals surface area contributed by atoms with Crippen LogP contribution in [0.15, 0.2) is 29.3 Å². The number of amides is 1. The van der Waals surface area contributed by atoms with Crippen molar-refractivity contribution < 1.29 is 4.79 Å². The third-order valence-corrected chi connectivity index (χ3v) is 3.45. The number of rotatable bonds is 2. The fourth-order valence-corrected chi connectivity index (χ4v) is 2.50. The summed E-state index contributed by atoms with van der Waals surface area (Å²) in [4.78, 5) is 28.2. The molecule has 1 amide bonds. The summed E-state index contributed by atoms with van der Waals surface area (Å²) in [5, 5.41) is 9.20. The van der Waals surface area contributed by atoms with Gasteiger partial charge in [0.25, 0.3) is 0 Å². The van der Waals surface area contributed by atoms with Gasteiger partial charge in [-0.1, -0.05) is 6.42 Å². The lowest BCUT2D eigenvalue weighted by molar-refractivity contribution is -0.119. The number of aromatic amines is 1. The Morgan fingerprint density at radius 2 is 2.35 bits per heavy atom. The number of fused-ring (bicyclic) bond motifs is 1. The van der Waals surface area contributed by atoms with Crippen LogP contribution < -0.4 is 11.0 Å². The number of hydrogen-bond acceptors (Lipinski definition) is 4. The molecule has 0 radical (unpaired) electrons. The Balaban J connectivity index is 1.88. The van der Waals surface area contributed by atoms with E-state index in [4.69, 9.17) is 0 Å². The number of aryl methyl sites for hydroxylation is 1. The van der Waals surface area contributed by atoms with Gasteiger partial charge in [0.05, 0.1) is 11.9 Å². The molecule has 1 aliphatic rings. The van der Waals surface area contributed by atoms with Crippen molar-refractivity contribution in [3.63, 3.8) is 0 Å². The van der Waals surface area contributed by atoms with Crippen LogP contribution in [0.25, 0.3) is 0 Å². The molecular weight excluding hydrogens is 258 g/mol. The van der Waals surface area contributed by atoms with Crippen LogP contribution in [0.3, 0.4) is 0 Å². The van der Waals surface area contributed by atoms with Crippen LogP contribution in [0.1, 0.15) is 31.1 Å². The smallest absolute Gasteiger partial charge is 0.323 e. The van der Waals surface area contributed by atoms with E-state index in [1.807, 2.05) is 0 Å². The molecule has 3 heterocycles. The van der Waals surface area contributed by atoms with Gasteiger partial charge in [-0.15, -0.1) is 0 Å². The Bertz CT molecular complexity index is 661. The summed E-state index contributed by atoms with van der Waals surface area (Å²) in [6, 6.07) is 3.00. The maximum absolute atomic E-state index is 12.4. The zero-order valence-corrected chi connectivity index (χ0v) is 10.9. The molecule has 2 aromatic heterocycles. The first-order valence-corrected chi connectivity index (χ1v) is 6.62. The first kappa shape index (κ1) is 12.6. The minimum absolute atomic E-state index is 0.204. The van der Waals surface area contributed by atoms with Gasteiger partial charge in [-0.25, -0.2) is 9.89 Å². The molecule has 1 aliphatic heterocycles. The van der Waals surface area contributed by atoms with Gasteiger partial charge in [0, 0.05) is 12.6 Å². The summed E-state index contributed by atoms with van der Waals surface area (Å²) in [6.07, 6.45) is 6.40. The fraction of sp³-hybridized carbons (Fsp3) is 0.385. The number of anilines is 1. The molecule has 3 rings (SSSR count). The molecule has 104 valence electrons. The van der Waals surface area contributed by atoms with Crippen molar-refractivity contribution >= 4 is 11.6 Å². The van der Waals surface area contributed by atoms with Crippen LogP contribution in [0.2, 0.25) is 0 Å². The lowest BCUT2D eigenvalue weighted by Gasteiger charge is -2.16. The number of H-pyrrole nitrogens is 1. The molecule has 7 heteroatoms. The standard InChI is InChI=1S/C13H15N5O2/c19-12(15-9-4-3-7-14-8-9)10-5-1-2-6-11-16-17-13(20)18(10)11/h3-4,7-8,10H,1-2,5-6H2,(H,15,19)(H,17,20). The highest BCUT2D eigenvalue weighted by molar-refractivity contribution is 5.93. The summed E-state index contributed by atoms with van der Waals surface area (Å²) in [5.74, 6) is 0.448. The number of carbonyl (C=O) groups is 1. The Labute approximate surface area is 115 Å². The summed E-state index contributed by atoms with van der Waals surface area (Å²) >= 11 is 0. The predicted octanol–water partition coefficient (Wildman–Crippen LogP) is 0.873. The van der Waals surface area contributed by atoms with Crippen LogP contribution in [-0.4, -0.2) is 25.7 Å². The number of hydrogen-bond donors (Lipinski definition) is 2. The van der Waals surface area contributed by atoms with Gasteiger partial charge < -0.3 is 5.32 Å². The third kappa shape index (κ3) is 2.34. The first-order valence-electron chi connectivity index (χ1n) is 6.62. The Morgan fingerprint density at radius 1 is 1.45 bits per heavy atom. The number of nitrogens with zero attached hydrogens (tertiary/aromatic N) is 3. The molecule has 2 aromatic rings. The zero-order valence-electron chi connectivity index (χ0n) is 10.9. The van der Waals surface area contributed by atoms with Gasteiger partial charge in [-0.05, 0) is 25.0 Å². The molecule has 0 spiro atoms. The number of nitrogens with one attached hydrogen (secondary N) is 2. The molecule has 0 saturated heterocycles.